The highest BCUT2D eigenvalue weighted by Crippen LogP contribution is 2.32. The zero-order valence-electron chi connectivity index (χ0n) is 11.1. The van der Waals surface area contributed by atoms with Crippen LogP contribution in [0.15, 0.2) is 12.1 Å². The molecule has 0 saturated heterocycles. The quantitative estimate of drug-likeness (QED) is 0.443. The third kappa shape index (κ3) is 3.85. The van der Waals surface area contributed by atoms with E-state index in [1.54, 1.807) is 12.1 Å². The van der Waals surface area contributed by atoms with E-state index in [1.807, 2.05) is 0 Å². The summed E-state index contributed by atoms with van der Waals surface area (Å²) in [6, 6.07) is 3.30. The maximum atomic E-state index is 11.2. The predicted molar refractivity (Wildman–Crippen MR) is 76.0 cm³/mol. The van der Waals surface area contributed by atoms with Gasteiger partial charge in [-0.05, 0) is 31.4 Å². The van der Waals surface area contributed by atoms with Gasteiger partial charge in [0.1, 0.15) is 11.2 Å². The van der Waals surface area contributed by atoms with E-state index in [0.717, 1.165) is 24.6 Å². The van der Waals surface area contributed by atoms with Gasteiger partial charge in [-0.1, -0.05) is 6.42 Å². The van der Waals surface area contributed by atoms with Crippen LogP contribution in [0.2, 0.25) is 0 Å². The molecule has 0 atom stereocenters. The lowest BCUT2D eigenvalue weighted by Gasteiger charge is -2.07. The second-order valence-electron chi connectivity index (χ2n) is 4.46. The van der Waals surface area contributed by atoms with Gasteiger partial charge >= 0.3 is 5.69 Å². The lowest BCUT2D eigenvalue weighted by atomic mass is 10.2. The summed E-state index contributed by atoms with van der Waals surface area (Å²) >= 11 is 0.937. The number of nitro benzene ring substituents is 1. The smallest absolute Gasteiger partial charge is 0.321 e. The van der Waals surface area contributed by atoms with Crippen LogP contribution in [0, 0.1) is 10.1 Å². The van der Waals surface area contributed by atoms with Crippen LogP contribution in [0.1, 0.15) is 25.7 Å². The maximum absolute atomic E-state index is 11.2. The molecule has 0 unspecified atom stereocenters. The van der Waals surface area contributed by atoms with Crippen molar-refractivity contribution < 1.29 is 14.8 Å². The van der Waals surface area contributed by atoms with Crippen LogP contribution in [0.5, 0.6) is 0 Å². The van der Waals surface area contributed by atoms with Crippen molar-refractivity contribution in [2.45, 2.75) is 25.7 Å². The zero-order valence-corrected chi connectivity index (χ0v) is 11.9. The Morgan fingerprint density at radius 1 is 1.29 bits per heavy atom. The molecule has 1 heterocycles. The second kappa shape index (κ2) is 6.93. The van der Waals surface area contributed by atoms with Crippen molar-refractivity contribution in [2.24, 2.45) is 0 Å². The Morgan fingerprint density at radius 3 is 2.81 bits per heavy atom. The van der Waals surface area contributed by atoms with Crippen LogP contribution in [0.25, 0.3) is 11.0 Å². The Hall–Kier alpha value is -2.29. The summed E-state index contributed by atoms with van der Waals surface area (Å²) in [4.78, 5) is 21.0. The highest BCUT2D eigenvalue weighted by Gasteiger charge is 2.21. The minimum Gasteiger partial charge on any atom is -0.550 e. The molecule has 0 amide bonds. The largest absolute Gasteiger partial charge is 0.550 e. The number of nitrogens with one attached hydrogen (secondary N) is 1. The fraction of sp³-hybridized carbons (Fsp3) is 0.417. The third-order valence-corrected chi connectivity index (χ3v) is 3.50. The first-order valence-electron chi connectivity index (χ1n) is 6.43. The standard InChI is InChI=1S/C12H14N4O4S/c17-10(18)4-2-1-3-7-13-9-6-5-8-11(15-21-14-8)12(9)16(19)20/h5-6,13H,1-4,7H2,(H,17,18)/p-1. The lowest BCUT2D eigenvalue weighted by Crippen LogP contribution is -2.21. The molecule has 0 aliphatic carbocycles. The fourth-order valence-electron chi connectivity index (χ4n) is 1.96. The third-order valence-electron chi connectivity index (χ3n) is 2.96. The lowest BCUT2D eigenvalue weighted by molar-refractivity contribution is -0.382. The Labute approximate surface area is 124 Å². The van der Waals surface area contributed by atoms with Gasteiger partial charge in [-0.3, -0.25) is 10.1 Å². The number of carbonyl (C=O) groups is 1. The summed E-state index contributed by atoms with van der Waals surface area (Å²) in [6.07, 6.45) is 2.02. The molecule has 2 rings (SSSR count). The van der Waals surface area contributed by atoms with Crippen LogP contribution in [-0.2, 0) is 4.79 Å². The summed E-state index contributed by atoms with van der Waals surface area (Å²) in [5.74, 6) is -1.06. The topological polar surface area (TPSA) is 121 Å². The highest BCUT2D eigenvalue weighted by atomic mass is 32.1. The van der Waals surface area contributed by atoms with Crippen molar-refractivity contribution in [2.75, 3.05) is 11.9 Å². The molecule has 2 aromatic rings. The van der Waals surface area contributed by atoms with Gasteiger partial charge in [-0.2, -0.15) is 8.75 Å². The molecular weight excluding hydrogens is 296 g/mol. The molecular formula is C12H13N4O4S-. The molecule has 1 aromatic heterocycles. The molecule has 0 aliphatic heterocycles. The zero-order chi connectivity index (χ0) is 15.2. The van der Waals surface area contributed by atoms with E-state index in [2.05, 4.69) is 14.1 Å². The van der Waals surface area contributed by atoms with Gasteiger partial charge in [0.2, 0.25) is 0 Å². The number of nitrogens with zero attached hydrogens (tertiary/aromatic N) is 3. The Kier molecular flexibility index (Phi) is 4.99. The second-order valence-corrected chi connectivity index (χ2v) is 4.99. The van der Waals surface area contributed by atoms with Gasteiger partial charge < -0.3 is 15.2 Å². The van der Waals surface area contributed by atoms with Crippen LogP contribution < -0.4 is 10.4 Å². The first-order chi connectivity index (χ1) is 10.1. The average molecular weight is 309 g/mol. The monoisotopic (exact) mass is 309 g/mol. The molecule has 1 N–H and O–H groups in total. The summed E-state index contributed by atoms with van der Waals surface area (Å²) in [7, 11) is 0. The minimum atomic E-state index is -1.06. The van der Waals surface area contributed by atoms with Crippen molar-refractivity contribution in [1.82, 2.24) is 8.75 Å². The Balaban J connectivity index is 1.97. The van der Waals surface area contributed by atoms with E-state index >= 15 is 0 Å². The first kappa shape index (κ1) is 15.1. The molecule has 8 nitrogen and oxygen atoms in total. The maximum Gasteiger partial charge on any atom is 0.321 e. The van der Waals surface area contributed by atoms with E-state index in [1.165, 1.54) is 0 Å². The summed E-state index contributed by atoms with van der Waals surface area (Å²) < 4.78 is 7.93. The molecule has 9 heteroatoms. The number of carbonyl (C=O) groups excluding carboxylic acids is 1. The number of hydrogen-bond acceptors (Lipinski definition) is 8. The van der Waals surface area contributed by atoms with E-state index in [4.69, 9.17) is 0 Å². The molecule has 0 bridgehead atoms. The molecule has 0 fully saturated rings. The van der Waals surface area contributed by atoms with Crippen molar-refractivity contribution in [3.05, 3.63) is 22.2 Å². The number of aromatic nitrogens is 2. The van der Waals surface area contributed by atoms with E-state index in [0.29, 0.717) is 24.2 Å². The van der Waals surface area contributed by atoms with Crippen LogP contribution >= 0.6 is 11.7 Å². The number of benzene rings is 1. The first-order valence-corrected chi connectivity index (χ1v) is 7.16. The van der Waals surface area contributed by atoms with Crippen LogP contribution in [0.3, 0.4) is 0 Å². The number of hydrogen-bond donors (Lipinski definition) is 1. The normalized spacial score (nSPS) is 10.7. The van der Waals surface area contributed by atoms with Gasteiger partial charge in [-0.15, -0.1) is 0 Å². The number of nitro groups is 1. The van der Waals surface area contributed by atoms with E-state index in [9.17, 15) is 20.0 Å². The number of aliphatic carboxylic acids is 1. The number of anilines is 1. The van der Waals surface area contributed by atoms with E-state index in [-0.39, 0.29) is 17.6 Å². The SMILES string of the molecule is O=C([O-])CCCCCNc1ccc2nsnc2c1[N+](=O)[O-]. The molecule has 0 spiro atoms. The minimum absolute atomic E-state index is 0.0383. The van der Waals surface area contributed by atoms with Gasteiger partial charge in [0.25, 0.3) is 0 Å². The number of fused-ring (bicyclic) bond motifs is 1. The van der Waals surface area contributed by atoms with Crippen LogP contribution in [-0.4, -0.2) is 26.2 Å². The van der Waals surface area contributed by atoms with Gasteiger partial charge in [0.15, 0.2) is 5.52 Å². The van der Waals surface area contributed by atoms with Crippen LogP contribution in [0.4, 0.5) is 11.4 Å². The summed E-state index contributed by atoms with van der Waals surface area (Å²) in [5, 5.41) is 24.4. The Morgan fingerprint density at radius 2 is 2.10 bits per heavy atom. The van der Waals surface area contributed by atoms with Gasteiger partial charge in [0.05, 0.1) is 16.7 Å². The van der Waals surface area contributed by atoms with Crippen molar-refractivity contribution >= 4 is 40.1 Å². The van der Waals surface area contributed by atoms with Gasteiger partial charge in [0, 0.05) is 12.5 Å². The predicted octanol–water partition coefficient (Wildman–Crippen LogP) is 1.32. The van der Waals surface area contributed by atoms with E-state index < -0.39 is 10.9 Å². The van der Waals surface area contributed by atoms with Gasteiger partial charge in [-0.25, -0.2) is 0 Å². The summed E-state index contributed by atoms with van der Waals surface area (Å²) in [5.41, 5.74) is 1.12. The number of unbranched alkanes of at least 4 members (excludes halogenated alkanes) is 2. The average Bonchev–Trinajstić information content (AvgIpc) is 2.89. The number of carboxylic acid groups (broad SMARTS) is 1. The molecule has 1 aromatic carbocycles. The van der Waals surface area contributed by atoms with Crippen molar-refractivity contribution in [1.29, 1.82) is 0 Å². The number of carboxylic acids is 1. The van der Waals surface area contributed by atoms with Crippen molar-refractivity contribution in [3.8, 4) is 0 Å². The summed E-state index contributed by atoms with van der Waals surface area (Å²) in [6.45, 7) is 0.525. The Bertz CT molecular complexity index is 658. The fourth-order valence-corrected chi connectivity index (χ4v) is 2.50. The molecule has 112 valence electrons. The van der Waals surface area contributed by atoms with Crippen molar-refractivity contribution in [3.63, 3.8) is 0 Å². The molecule has 0 aliphatic rings. The number of rotatable bonds is 8. The molecule has 0 saturated carbocycles. The highest BCUT2D eigenvalue weighted by molar-refractivity contribution is 7.00. The molecule has 0 radical (unpaired) electrons. The molecule has 21 heavy (non-hydrogen) atoms.